The summed E-state index contributed by atoms with van der Waals surface area (Å²) in [6, 6.07) is 16.6. The number of hydrogen-bond donors (Lipinski definition) is 3. The van der Waals surface area contributed by atoms with E-state index in [2.05, 4.69) is 27.5 Å². The highest BCUT2D eigenvalue weighted by Crippen LogP contribution is 2.43. The van der Waals surface area contributed by atoms with Gasteiger partial charge in [0.15, 0.2) is 0 Å². The molecule has 0 saturated carbocycles. The van der Waals surface area contributed by atoms with Gasteiger partial charge < -0.3 is 26.0 Å². The summed E-state index contributed by atoms with van der Waals surface area (Å²) in [4.78, 5) is 43.5. The minimum absolute atomic E-state index is 0.0643. The minimum atomic E-state index is -0.959. The third kappa shape index (κ3) is 9.94. The molecule has 2 heterocycles. The van der Waals surface area contributed by atoms with Crippen LogP contribution in [0.25, 0.3) is 0 Å². The second kappa shape index (κ2) is 17.6. The van der Waals surface area contributed by atoms with Gasteiger partial charge in [0, 0.05) is 70.4 Å². The van der Waals surface area contributed by atoms with Gasteiger partial charge in [-0.25, -0.2) is 13.2 Å². The Morgan fingerprint density at radius 1 is 0.961 bits per heavy atom. The molecule has 0 radical (unpaired) electrons. The van der Waals surface area contributed by atoms with Crippen LogP contribution in [0.15, 0.2) is 72.9 Å². The van der Waals surface area contributed by atoms with E-state index in [0.717, 1.165) is 17.8 Å². The first-order valence-electron chi connectivity index (χ1n) is 15.9. The first-order valence-corrected chi connectivity index (χ1v) is 16.3. The largest absolute Gasteiger partial charge is 0.378 e. The maximum atomic E-state index is 14.8. The molecule has 0 atom stereocenters. The third-order valence-electron chi connectivity index (χ3n) is 7.88. The molecule has 9 nitrogen and oxygen atoms in total. The van der Waals surface area contributed by atoms with Crippen LogP contribution in [0.1, 0.15) is 52.2 Å². The van der Waals surface area contributed by atoms with E-state index in [0.29, 0.717) is 24.4 Å². The predicted molar refractivity (Wildman–Crippen MR) is 188 cm³/mol. The van der Waals surface area contributed by atoms with Crippen LogP contribution in [0, 0.1) is 36.2 Å². The van der Waals surface area contributed by atoms with Gasteiger partial charge in [-0.05, 0) is 74.9 Å². The van der Waals surface area contributed by atoms with E-state index >= 15 is 0 Å². The molecule has 1 aliphatic heterocycles. The van der Waals surface area contributed by atoms with Crippen LogP contribution in [0.4, 0.5) is 18.9 Å². The fraction of sp³-hybridized carbons (Fsp3) is 0.263. The van der Waals surface area contributed by atoms with Gasteiger partial charge in [-0.3, -0.25) is 19.4 Å². The highest BCUT2D eigenvalue weighted by Gasteiger charge is 2.44. The van der Waals surface area contributed by atoms with Crippen LogP contribution in [0.3, 0.4) is 0 Å². The fourth-order valence-corrected chi connectivity index (χ4v) is 5.37. The van der Waals surface area contributed by atoms with Crippen LogP contribution in [0.2, 0.25) is 5.02 Å². The maximum absolute atomic E-state index is 14.8. The number of nitrogens with one attached hydrogen (secondary N) is 2. The Labute approximate surface area is 299 Å². The summed E-state index contributed by atoms with van der Waals surface area (Å²) in [6.07, 6.45) is 1.79. The van der Waals surface area contributed by atoms with Crippen molar-refractivity contribution in [1.82, 2.24) is 15.6 Å². The highest BCUT2D eigenvalue weighted by molar-refractivity contribution is 6.31. The van der Waals surface area contributed by atoms with Crippen LogP contribution in [-0.4, -0.2) is 49.0 Å². The van der Waals surface area contributed by atoms with Crippen LogP contribution in [-0.2, 0) is 32.8 Å². The molecular weight excluding hydrogens is 683 g/mol. The Hall–Kier alpha value is -5.22. The summed E-state index contributed by atoms with van der Waals surface area (Å²) in [7, 11) is 0. The van der Waals surface area contributed by atoms with E-state index in [1.807, 2.05) is 25.1 Å². The monoisotopic (exact) mass is 719 g/mol. The Morgan fingerprint density at radius 3 is 2.33 bits per heavy atom. The number of anilines is 1. The summed E-state index contributed by atoms with van der Waals surface area (Å²) in [5.41, 5.74) is 6.25. The van der Waals surface area contributed by atoms with Crippen molar-refractivity contribution >= 4 is 35.0 Å². The first-order chi connectivity index (χ1) is 24.3. The van der Waals surface area contributed by atoms with Crippen molar-refractivity contribution < 1.29 is 32.3 Å². The number of nitrogens with zero attached hydrogens (tertiary/aromatic N) is 2. The summed E-state index contributed by atoms with van der Waals surface area (Å²) in [6.45, 7) is 5.94. The van der Waals surface area contributed by atoms with Crippen molar-refractivity contribution in [3.63, 3.8) is 0 Å². The van der Waals surface area contributed by atoms with E-state index in [1.54, 1.807) is 26.1 Å². The van der Waals surface area contributed by atoms with Crippen molar-refractivity contribution in [2.24, 2.45) is 5.73 Å². The number of amides is 3. The zero-order chi connectivity index (χ0) is 37.1. The van der Waals surface area contributed by atoms with E-state index in [-0.39, 0.29) is 47.3 Å². The number of ether oxygens (including phenoxy) is 1. The maximum Gasteiger partial charge on any atom is 0.296 e. The summed E-state index contributed by atoms with van der Waals surface area (Å²) < 4.78 is 49.2. The molecule has 1 aromatic heterocycles. The van der Waals surface area contributed by atoms with E-state index in [4.69, 9.17) is 22.1 Å². The van der Waals surface area contributed by atoms with Crippen molar-refractivity contribution in [3.05, 3.63) is 129 Å². The number of halogens is 4. The Balaban J connectivity index is 0.000000742. The molecule has 51 heavy (non-hydrogen) atoms. The van der Waals surface area contributed by atoms with Gasteiger partial charge >= 0.3 is 0 Å². The molecule has 0 saturated heterocycles. The molecule has 3 amide bonds. The minimum Gasteiger partial charge on any atom is -0.378 e. The highest BCUT2D eigenvalue weighted by atomic mass is 35.5. The molecule has 0 spiro atoms. The van der Waals surface area contributed by atoms with Gasteiger partial charge in [0.1, 0.15) is 17.5 Å². The topological polar surface area (TPSA) is 127 Å². The number of pyridine rings is 1. The standard InChI is InChI=1S/C32H30ClF3N4O4.C6H7N/c1-32(2)23-8-7-20(16-28(23)40(31(32)43)18-22-24(33)4-3-5-25(22)34)30(42)39-17-21-26(35)14-19(15-27(21)36)6-9-29(41)38-11-13-44-12-10-37;1-6-4-2-3-5-7-6/h3-5,7-8,14-16H,10-13,17-18,37H2,1-2H3,(H,38,41)(H,39,42);2-5H,1H3. The number of carbonyl (C=O) groups excluding carboxylic acids is 3. The molecule has 0 bridgehead atoms. The number of hydrogen-bond acceptors (Lipinski definition) is 6. The average molecular weight is 720 g/mol. The lowest BCUT2D eigenvalue weighted by Gasteiger charge is -2.21. The van der Waals surface area contributed by atoms with Gasteiger partial charge in [0.05, 0.1) is 25.2 Å². The van der Waals surface area contributed by atoms with E-state index in [9.17, 15) is 27.6 Å². The number of fused-ring (bicyclic) bond motifs is 1. The van der Waals surface area contributed by atoms with Crippen molar-refractivity contribution in [2.75, 3.05) is 31.2 Å². The second-order valence-corrected chi connectivity index (χ2v) is 12.3. The molecule has 4 N–H and O–H groups in total. The van der Waals surface area contributed by atoms with Crippen molar-refractivity contribution in [1.29, 1.82) is 0 Å². The molecule has 266 valence electrons. The number of nitrogens with two attached hydrogens (primary N) is 1. The zero-order valence-corrected chi connectivity index (χ0v) is 29.0. The van der Waals surface area contributed by atoms with E-state index < -0.39 is 46.8 Å². The van der Waals surface area contributed by atoms with Crippen molar-refractivity contribution in [3.8, 4) is 11.8 Å². The van der Waals surface area contributed by atoms with Gasteiger partial charge in [-0.15, -0.1) is 0 Å². The molecule has 0 aliphatic carbocycles. The Kier molecular flexibility index (Phi) is 13.3. The zero-order valence-electron chi connectivity index (χ0n) is 28.3. The lowest BCUT2D eigenvalue weighted by atomic mass is 9.86. The third-order valence-corrected chi connectivity index (χ3v) is 8.23. The number of carbonyl (C=O) groups is 3. The van der Waals surface area contributed by atoms with Gasteiger partial charge in [-0.1, -0.05) is 35.7 Å². The average Bonchev–Trinajstić information content (AvgIpc) is 3.28. The van der Waals surface area contributed by atoms with Crippen LogP contribution < -0.4 is 21.3 Å². The number of rotatable bonds is 10. The molecule has 13 heteroatoms. The molecule has 0 unspecified atom stereocenters. The molecular formula is C38H37ClF3N5O4. The summed E-state index contributed by atoms with van der Waals surface area (Å²) >= 11 is 6.20. The van der Waals surface area contributed by atoms with Gasteiger partial charge in [-0.2, -0.15) is 0 Å². The van der Waals surface area contributed by atoms with Crippen LogP contribution in [0.5, 0.6) is 0 Å². The number of benzene rings is 3. The molecule has 1 aliphatic rings. The molecule has 4 aromatic rings. The lowest BCUT2D eigenvalue weighted by Crippen LogP contribution is -2.36. The summed E-state index contributed by atoms with van der Waals surface area (Å²) in [5, 5.41) is 5.13. The fourth-order valence-electron chi connectivity index (χ4n) is 5.14. The molecule has 0 fully saturated rings. The SMILES string of the molecule is CC1(C)C(=O)N(Cc2c(F)cccc2Cl)c2cc(C(=O)NCc3c(F)cc(C#CC(=O)NCCOCCN)cc3F)ccc21.Cc1ccccn1. The Morgan fingerprint density at radius 2 is 1.71 bits per heavy atom. The number of aryl methyl sites for hydroxylation is 1. The summed E-state index contributed by atoms with van der Waals surface area (Å²) in [5.74, 6) is 0.572. The van der Waals surface area contributed by atoms with Crippen molar-refractivity contribution in [2.45, 2.75) is 39.3 Å². The van der Waals surface area contributed by atoms with E-state index in [1.165, 1.54) is 35.2 Å². The number of aromatic nitrogens is 1. The lowest BCUT2D eigenvalue weighted by molar-refractivity contribution is -0.122. The quantitative estimate of drug-likeness (QED) is 0.150. The van der Waals surface area contributed by atoms with Crippen LogP contribution >= 0.6 is 11.6 Å². The van der Waals surface area contributed by atoms with Gasteiger partial charge in [0.25, 0.3) is 11.8 Å². The normalized spacial score (nSPS) is 12.6. The smallest absolute Gasteiger partial charge is 0.296 e. The Bertz CT molecular complexity index is 1920. The second-order valence-electron chi connectivity index (χ2n) is 11.9. The van der Waals surface area contributed by atoms with Gasteiger partial charge in [0.2, 0.25) is 5.91 Å². The molecule has 5 rings (SSSR count). The molecule has 3 aromatic carbocycles. The predicted octanol–water partition coefficient (Wildman–Crippen LogP) is 5.34. The first kappa shape index (κ1) is 38.6.